The van der Waals surface area contributed by atoms with Crippen LogP contribution in [0.5, 0.6) is 11.5 Å². The molecule has 3 aromatic rings. The number of hydrogen-bond donors (Lipinski definition) is 1. The van der Waals surface area contributed by atoms with E-state index in [2.05, 4.69) is 21.2 Å². The van der Waals surface area contributed by atoms with Crippen LogP contribution < -0.4 is 19.1 Å². The van der Waals surface area contributed by atoms with Crippen LogP contribution in [-0.2, 0) is 26.2 Å². The predicted octanol–water partition coefficient (Wildman–Crippen LogP) is 5.45. The first-order valence-electron chi connectivity index (χ1n) is 14.2. The smallest absolute Gasteiger partial charge is 0.264 e. The summed E-state index contributed by atoms with van der Waals surface area (Å²) in [5, 5.41) is 3.08. The Morgan fingerprint density at radius 2 is 1.65 bits per heavy atom. The van der Waals surface area contributed by atoms with Gasteiger partial charge in [-0.3, -0.25) is 13.9 Å². The summed E-state index contributed by atoms with van der Waals surface area (Å²) in [6.45, 7) is 3.18. The van der Waals surface area contributed by atoms with Gasteiger partial charge in [-0.05, 0) is 68.7 Å². The SMILES string of the molecule is COc1ccc(S(=O)(=O)N(CC(=O)N(Cc2cccc(Br)c2)C(C)C(=O)NC2CCCC2)c2ccc(C)cc2)cc1OC. The Balaban J connectivity index is 1.71. The molecule has 1 fully saturated rings. The second kappa shape index (κ2) is 14.3. The first kappa shape index (κ1) is 32.3. The number of aryl methyl sites for hydroxylation is 1. The highest BCUT2D eigenvalue weighted by molar-refractivity contribution is 9.10. The lowest BCUT2D eigenvalue weighted by Crippen LogP contribution is -2.52. The molecule has 0 spiro atoms. The number of carbonyl (C=O) groups excluding carboxylic acids is 2. The summed E-state index contributed by atoms with van der Waals surface area (Å²) < 4.78 is 40.8. The number of amides is 2. The Labute approximate surface area is 262 Å². The molecule has 0 bridgehead atoms. The van der Waals surface area contributed by atoms with Crippen LogP contribution in [0.2, 0.25) is 0 Å². The van der Waals surface area contributed by atoms with Gasteiger partial charge in [0.05, 0.1) is 24.8 Å². The third kappa shape index (κ3) is 7.88. The first-order valence-corrected chi connectivity index (χ1v) is 16.4. The highest BCUT2D eigenvalue weighted by atomic mass is 79.9. The van der Waals surface area contributed by atoms with E-state index in [0.29, 0.717) is 11.4 Å². The van der Waals surface area contributed by atoms with Gasteiger partial charge in [-0.15, -0.1) is 0 Å². The minimum Gasteiger partial charge on any atom is -0.493 e. The number of benzene rings is 3. The second-order valence-electron chi connectivity index (χ2n) is 10.7. The van der Waals surface area contributed by atoms with Gasteiger partial charge in [0.15, 0.2) is 11.5 Å². The van der Waals surface area contributed by atoms with E-state index in [4.69, 9.17) is 9.47 Å². The van der Waals surface area contributed by atoms with Gasteiger partial charge in [0.2, 0.25) is 11.8 Å². The molecule has 0 aliphatic heterocycles. The normalized spacial score (nSPS) is 14.2. The molecule has 43 heavy (non-hydrogen) atoms. The van der Waals surface area contributed by atoms with E-state index in [1.54, 1.807) is 31.2 Å². The fraction of sp³-hybridized carbons (Fsp3) is 0.375. The molecule has 1 aliphatic rings. The average molecular weight is 673 g/mol. The Morgan fingerprint density at radius 1 is 0.977 bits per heavy atom. The number of rotatable bonds is 12. The fourth-order valence-corrected chi connectivity index (χ4v) is 7.03. The summed E-state index contributed by atoms with van der Waals surface area (Å²) in [6, 6.07) is 17.9. The van der Waals surface area contributed by atoms with Crippen molar-refractivity contribution in [3.63, 3.8) is 0 Å². The number of sulfonamides is 1. The molecule has 230 valence electrons. The number of carbonyl (C=O) groups is 2. The third-order valence-corrected chi connectivity index (χ3v) is 9.92. The monoisotopic (exact) mass is 671 g/mol. The molecular formula is C32H38BrN3O6S. The van der Waals surface area contributed by atoms with Crippen molar-refractivity contribution in [3.8, 4) is 11.5 Å². The van der Waals surface area contributed by atoms with Gasteiger partial charge in [0, 0.05) is 23.1 Å². The van der Waals surface area contributed by atoms with Crippen molar-refractivity contribution in [2.75, 3.05) is 25.1 Å². The summed E-state index contributed by atoms with van der Waals surface area (Å²) in [5.74, 6) is -0.160. The zero-order valence-corrected chi connectivity index (χ0v) is 27.3. The number of nitrogens with zero attached hydrogens (tertiary/aromatic N) is 2. The highest BCUT2D eigenvalue weighted by Gasteiger charge is 2.33. The molecule has 11 heteroatoms. The van der Waals surface area contributed by atoms with Crippen molar-refractivity contribution in [1.29, 1.82) is 0 Å². The minimum absolute atomic E-state index is 0.0657. The Hall–Kier alpha value is -3.57. The lowest BCUT2D eigenvalue weighted by atomic mass is 10.1. The van der Waals surface area contributed by atoms with Gasteiger partial charge in [0.25, 0.3) is 10.0 Å². The number of halogens is 1. The summed E-state index contributed by atoms with van der Waals surface area (Å²) in [4.78, 5) is 28.9. The van der Waals surface area contributed by atoms with Crippen LogP contribution in [0.15, 0.2) is 76.1 Å². The summed E-state index contributed by atoms with van der Waals surface area (Å²) in [6.07, 6.45) is 3.92. The molecule has 9 nitrogen and oxygen atoms in total. The van der Waals surface area contributed by atoms with Crippen molar-refractivity contribution < 1.29 is 27.5 Å². The van der Waals surface area contributed by atoms with Crippen molar-refractivity contribution in [3.05, 3.63) is 82.3 Å². The van der Waals surface area contributed by atoms with E-state index in [-0.39, 0.29) is 29.1 Å². The Kier molecular flexibility index (Phi) is 10.7. The molecular weight excluding hydrogens is 634 g/mol. The molecule has 4 rings (SSSR count). The van der Waals surface area contributed by atoms with Crippen LogP contribution in [0.25, 0.3) is 0 Å². The van der Waals surface area contributed by atoms with Gasteiger partial charge < -0.3 is 19.7 Å². The standard InChI is InChI=1S/C32H38BrN3O6S/c1-22-12-14-27(15-13-22)36(43(39,40)28-16-17-29(41-3)30(19-28)42-4)21-31(37)35(20-24-8-7-9-25(33)18-24)23(2)32(38)34-26-10-5-6-11-26/h7-9,12-19,23,26H,5-6,10-11,20-21H2,1-4H3,(H,34,38). The molecule has 3 aromatic carbocycles. The molecule has 0 aromatic heterocycles. The minimum atomic E-state index is -4.26. The van der Waals surface area contributed by atoms with E-state index >= 15 is 0 Å². The number of hydrogen-bond acceptors (Lipinski definition) is 6. The Bertz CT molecular complexity index is 1540. The molecule has 1 unspecified atom stereocenters. The molecule has 1 atom stereocenters. The van der Waals surface area contributed by atoms with E-state index in [9.17, 15) is 18.0 Å². The van der Waals surface area contributed by atoms with Crippen LogP contribution in [0, 0.1) is 6.92 Å². The van der Waals surface area contributed by atoms with Crippen molar-refractivity contribution in [2.24, 2.45) is 0 Å². The number of methoxy groups -OCH3 is 2. The molecule has 1 saturated carbocycles. The third-order valence-electron chi connectivity index (χ3n) is 7.65. The van der Waals surface area contributed by atoms with Crippen LogP contribution in [0.3, 0.4) is 0 Å². The molecule has 1 N–H and O–H groups in total. The number of ether oxygens (including phenoxy) is 2. The predicted molar refractivity (Wildman–Crippen MR) is 170 cm³/mol. The molecule has 1 aliphatic carbocycles. The van der Waals surface area contributed by atoms with E-state index < -0.39 is 28.5 Å². The lowest BCUT2D eigenvalue weighted by Gasteiger charge is -2.32. The molecule has 0 saturated heterocycles. The van der Waals surface area contributed by atoms with E-state index in [0.717, 1.165) is 45.6 Å². The zero-order chi connectivity index (χ0) is 31.1. The summed E-state index contributed by atoms with van der Waals surface area (Å²) >= 11 is 3.47. The second-order valence-corrected chi connectivity index (χ2v) is 13.5. The molecule has 0 heterocycles. The maximum Gasteiger partial charge on any atom is 0.264 e. The molecule has 2 amide bonds. The van der Waals surface area contributed by atoms with E-state index in [1.165, 1.54) is 37.3 Å². The molecule has 0 radical (unpaired) electrons. The highest BCUT2D eigenvalue weighted by Crippen LogP contribution is 2.32. The lowest BCUT2D eigenvalue weighted by molar-refractivity contribution is -0.139. The maximum atomic E-state index is 14.2. The van der Waals surface area contributed by atoms with E-state index in [1.807, 2.05) is 31.2 Å². The Morgan fingerprint density at radius 3 is 2.28 bits per heavy atom. The maximum absolute atomic E-state index is 14.2. The van der Waals surface area contributed by atoms with Crippen LogP contribution in [0.1, 0.15) is 43.7 Å². The number of nitrogens with one attached hydrogen (secondary N) is 1. The van der Waals surface area contributed by atoms with Gasteiger partial charge >= 0.3 is 0 Å². The first-order chi connectivity index (χ1) is 20.5. The summed E-state index contributed by atoms with van der Waals surface area (Å²) in [7, 11) is -1.37. The van der Waals surface area contributed by atoms with Gasteiger partial charge in [0.1, 0.15) is 12.6 Å². The van der Waals surface area contributed by atoms with Crippen molar-refractivity contribution in [1.82, 2.24) is 10.2 Å². The largest absolute Gasteiger partial charge is 0.493 e. The number of anilines is 1. The van der Waals surface area contributed by atoms with Gasteiger partial charge in [-0.25, -0.2) is 8.42 Å². The van der Waals surface area contributed by atoms with Crippen LogP contribution >= 0.6 is 15.9 Å². The topological polar surface area (TPSA) is 105 Å². The van der Waals surface area contributed by atoms with Crippen molar-refractivity contribution in [2.45, 2.75) is 63.1 Å². The average Bonchev–Trinajstić information content (AvgIpc) is 3.51. The van der Waals surface area contributed by atoms with Gasteiger partial charge in [-0.1, -0.05) is 58.6 Å². The quantitative estimate of drug-likeness (QED) is 0.275. The fourth-order valence-electron chi connectivity index (χ4n) is 5.15. The summed E-state index contributed by atoms with van der Waals surface area (Å²) in [5.41, 5.74) is 2.05. The van der Waals surface area contributed by atoms with Crippen molar-refractivity contribution >= 4 is 43.5 Å². The van der Waals surface area contributed by atoms with Crippen LogP contribution in [-0.4, -0.2) is 58.0 Å². The zero-order valence-electron chi connectivity index (χ0n) is 24.9. The van der Waals surface area contributed by atoms with Crippen LogP contribution in [0.4, 0.5) is 5.69 Å². The van der Waals surface area contributed by atoms with Gasteiger partial charge in [-0.2, -0.15) is 0 Å².